The van der Waals surface area contributed by atoms with Crippen LogP contribution in [-0.2, 0) is 33.3 Å². The van der Waals surface area contributed by atoms with E-state index >= 15 is 0 Å². The van der Waals surface area contributed by atoms with Crippen LogP contribution in [0, 0.1) is 0 Å². The zero-order chi connectivity index (χ0) is 41.4. The van der Waals surface area contributed by atoms with Gasteiger partial charge in [0.25, 0.3) is 6.29 Å². The van der Waals surface area contributed by atoms with E-state index in [-0.39, 0.29) is 38.6 Å². The molecule has 0 amide bonds. The number of carbonyl (C=O) groups is 3. The summed E-state index contributed by atoms with van der Waals surface area (Å²) in [6.45, 7) is 4.65. The number of nitrogens with zero attached hydrogens (tertiary/aromatic N) is 1. The molecule has 0 aromatic rings. The summed E-state index contributed by atoms with van der Waals surface area (Å²) in [5, 5.41) is 9.62. The van der Waals surface area contributed by atoms with E-state index in [1.807, 2.05) is 21.1 Å². The first kappa shape index (κ1) is 53.0. The van der Waals surface area contributed by atoms with Gasteiger partial charge in [-0.25, -0.2) is 4.79 Å². The Balaban J connectivity index is 4.41. The van der Waals surface area contributed by atoms with Crippen molar-refractivity contribution in [3.63, 3.8) is 0 Å². The van der Waals surface area contributed by atoms with Crippen LogP contribution in [0.5, 0.6) is 0 Å². The maximum Gasteiger partial charge on any atom is 0.361 e. The molecule has 0 aromatic heterocycles. The second-order valence-electron chi connectivity index (χ2n) is 15.6. The summed E-state index contributed by atoms with van der Waals surface area (Å²) in [5.74, 6) is -2.04. The summed E-state index contributed by atoms with van der Waals surface area (Å²) in [5.41, 5.74) is 0. The van der Waals surface area contributed by atoms with Crippen LogP contribution in [0.15, 0.2) is 60.8 Å². The van der Waals surface area contributed by atoms with Crippen molar-refractivity contribution < 1.29 is 42.9 Å². The number of esters is 2. The summed E-state index contributed by atoms with van der Waals surface area (Å²) in [7, 11) is 5.94. The fourth-order valence-corrected chi connectivity index (χ4v) is 5.59. The average molecular weight is 789 g/mol. The summed E-state index contributed by atoms with van der Waals surface area (Å²) in [6.07, 6.45) is 42.8. The van der Waals surface area contributed by atoms with Crippen LogP contribution >= 0.6 is 0 Å². The van der Waals surface area contributed by atoms with Gasteiger partial charge in [-0.1, -0.05) is 139 Å². The number of carboxylic acids is 1. The van der Waals surface area contributed by atoms with Crippen LogP contribution in [0.25, 0.3) is 0 Å². The number of likely N-dealkylation sites (N-methyl/N-ethyl adjacent to an activating group) is 1. The number of aliphatic carboxylic acids is 1. The Hall–Kier alpha value is -3.01. The van der Waals surface area contributed by atoms with Crippen molar-refractivity contribution in [2.75, 3.05) is 47.5 Å². The number of hydrogen-bond acceptors (Lipinski definition) is 7. The Bertz CT molecular complexity index is 1100. The molecule has 0 aliphatic heterocycles. The molecule has 0 radical (unpaired) electrons. The number of carbonyl (C=O) groups excluding carboxylic acids is 2. The summed E-state index contributed by atoms with van der Waals surface area (Å²) >= 11 is 0. The third-order valence-electron chi connectivity index (χ3n) is 8.99. The van der Waals surface area contributed by atoms with Gasteiger partial charge in [0.15, 0.2) is 6.10 Å². The molecule has 0 heterocycles. The summed E-state index contributed by atoms with van der Waals surface area (Å²) in [4.78, 5) is 37.0. The van der Waals surface area contributed by atoms with Crippen molar-refractivity contribution in [1.82, 2.24) is 0 Å². The minimum atomic E-state index is -1.51. The lowest BCUT2D eigenvalue weighted by atomic mass is 10.1. The number of allylic oxidation sites excluding steroid dienone is 10. The van der Waals surface area contributed by atoms with Gasteiger partial charge in [0.2, 0.25) is 0 Å². The van der Waals surface area contributed by atoms with E-state index in [0.29, 0.717) is 17.4 Å². The fourth-order valence-electron chi connectivity index (χ4n) is 5.59. The van der Waals surface area contributed by atoms with Gasteiger partial charge in [0.1, 0.15) is 13.2 Å². The van der Waals surface area contributed by atoms with Crippen molar-refractivity contribution in [3.05, 3.63) is 60.8 Å². The molecular weight excluding hydrogens is 707 g/mol. The molecular formula is C47H82NO8+. The minimum Gasteiger partial charge on any atom is -0.477 e. The van der Waals surface area contributed by atoms with Crippen LogP contribution in [0.1, 0.15) is 162 Å². The first-order chi connectivity index (χ1) is 27.1. The number of unbranched alkanes of at least 4 members (excludes halogenated alkanes) is 14. The van der Waals surface area contributed by atoms with Gasteiger partial charge < -0.3 is 28.5 Å². The van der Waals surface area contributed by atoms with E-state index in [4.69, 9.17) is 18.9 Å². The number of quaternary nitrogens is 1. The molecule has 9 heteroatoms. The molecule has 9 nitrogen and oxygen atoms in total. The normalized spacial score (nSPS) is 13.5. The lowest BCUT2D eigenvalue weighted by Gasteiger charge is -2.25. The van der Waals surface area contributed by atoms with Gasteiger partial charge in [0, 0.05) is 12.8 Å². The Labute approximate surface area is 342 Å². The monoisotopic (exact) mass is 789 g/mol. The average Bonchev–Trinajstić information content (AvgIpc) is 3.15. The topological polar surface area (TPSA) is 108 Å². The molecule has 0 bridgehead atoms. The van der Waals surface area contributed by atoms with Gasteiger partial charge in [0.05, 0.1) is 34.4 Å². The Kier molecular flexibility index (Phi) is 36.8. The SMILES string of the molecule is CC/C=C\C/C=C\C/C=C\C/C=C\CCCCCCCCCCC(=O)OC(COC(=O)CCCCCCC/C=C\CCC)COC(OCC[N+](C)(C)C)C(=O)O. The van der Waals surface area contributed by atoms with Gasteiger partial charge in [-0.15, -0.1) is 0 Å². The summed E-state index contributed by atoms with van der Waals surface area (Å²) in [6, 6.07) is 0. The molecule has 56 heavy (non-hydrogen) atoms. The molecule has 1 N–H and O–H groups in total. The highest BCUT2D eigenvalue weighted by molar-refractivity contribution is 5.71. The molecule has 2 unspecified atom stereocenters. The highest BCUT2D eigenvalue weighted by atomic mass is 16.7. The lowest BCUT2D eigenvalue weighted by molar-refractivity contribution is -0.870. The Morgan fingerprint density at radius 1 is 0.554 bits per heavy atom. The number of rotatable bonds is 39. The predicted molar refractivity (Wildman–Crippen MR) is 230 cm³/mol. The lowest BCUT2D eigenvalue weighted by Crippen LogP contribution is -2.40. The predicted octanol–water partition coefficient (Wildman–Crippen LogP) is 11.4. The largest absolute Gasteiger partial charge is 0.477 e. The highest BCUT2D eigenvalue weighted by Gasteiger charge is 2.25. The van der Waals surface area contributed by atoms with Crippen LogP contribution in [0.4, 0.5) is 0 Å². The second kappa shape index (κ2) is 38.8. The molecule has 0 saturated heterocycles. The molecule has 0 aliphatic rings. The third kappa shape index (κ3) is 39.2. The van der Waals surface area contributed by atoms with E-state index in [9.17, 15) is 19.5 Å². The van der Waals surface area contributed by atoms with Crippen molar-refractivity contribution in [3.8, 4) is 0 Å². The minimum absolute atomic E-state index is 0.182. The first-order valence-electron chi connectivity index (χ1n) is 22.0. The first-order valence-corrected chi connectivity index (χ1v) is 22.0. The molecule has 0 saturated carbocycles. The summed E-state index contributed by atoms with van der Waals surface area (Å²) < 4.78 is 22.7. The number of carboxylic acid groups (broad SMARTS) is 1. The van der Waals surface area contributed by atoms with E-state index in [1.165, 1.54) is 32.1 Å². The zero-order valence-electron chi connectivity index (χ0n) is 36.3. The molecule has 0 fully saturated rings. The van der Waals surface area contributed by atoms with E-state index in [1.54, 1.807) is 0 Å². The van der Waals surface area contributed by atoms with Crippen molar-refractivity contribution >= 4 is 17.9 Å². The molecule has 0 aromatic carbocycles. The number of ether oxygens (including phenoxy) is 4. The van der Waals surface area contributed by atoms with Gasteiger partial charge >= 0.3 is 17.9 Å². The van der Waals surface area contributed by atoms with E-state index in [2.05, 4.69) is 74.6 Å². The van der Waals surface area contributed by atoms with E-state index < -0.39 is 24.3 Å². The smallest absolute Gasteiger partial charge is 0.361 e. The second-order valence-corrected chi connectivity index (χ2v) is 15.6. The quantitative estimate of drug-likeness (QED) is 0.0216. The van der Waals surface area contributed by atoms with E-state index in [0.717, 1.165) is 96.3 Å². The van der Waals surface area contributed by atoms with Crippen LogP contribution in [-0.4, -0.2) is 87.4 Å². The van der Waals surface area contributed by atoms with Crippen LogP contribution in [0.2, 0.25) is 0 Å². The van der Waals surface area contributed by atoms with Crippen molar-refractivity contribution in [2.24, 2.45) is 0 Å². The highest BCUT2D eigenvalue weighted by Crippen LogP contribution is 2.13. The Morgan fingerprint density at radius 3 is 1.54 bits per heavy atom. The van der Waals surface area contributed by atoms with Crippen molar-refractivity contribution in [2.45, 2.75) is 174 Å². The third-order valence-corrected chi connectivity index (χ3v) is 8.99. The van der Waals surface area contributed by atoms with Gasteiger partial charge in [-0.05, 0) is 70.6 Å². The maximum atomic E-state index is 12.7. The van der Waals surface area contributed by atoms with Crippen LogP contribution < -0.4 is 0 Å². The molecule has 0 spiro atoms. The number of hydrogen-bond donors (Lipinski definition) is 1. The van der Waals surface area contributed by atoms with Crippen molar-refractivity contribution in [1.29, 1.82) is 0 Å². The maximum absolute atomic E-state index is 12.7. The van der Waals surface area contributed by atoms with Crippen LogP contribution in [0.3, 0.4) is 0 Å². The Morgan fingerprint density at radius 2 is 1.02 bits per heavy atom. The molecule has 2 atom stereocenters. The van der Waals surface area contributed by atoms with Gasteiger partial charge in [-0.2, -0.15) is 0 Å². The zero-order valence-corrected chi connectivity index (χ0v) is 36.3. The fraction of sp³-hybridized carbons (Fsp3) is 0.723. The molecule has 0 rings (SSSR count). The molecule has 0 aliphatic carbocycles. The standard InChI is InChI=1S/C47H81NO8/c1-6-8-10-12-14-16-18-19-20-21-22-23-24-25-26-27-28-30-32-34-36-38-45(50)56-43(42-55-47(46(51)52)53-40-39-48(3,4)5)41-54-44(49)37-35-33-31-29-17-15-13-11-9-7-2/h8,10-11,13-14,16,19-20,22-23,43,47H,6-7,9,12,15,17-18,21,24-42H2,1-5H3/p+1/b10-8-,13-11-,16-14-,20-19-,23-22-. The molecule has 322 valence electrons. The van der Waals surface area contributed by atoms with Gasteiger partial charge in [-0.3, -0.25) is 9.59 Å².